The fraction of sp³-hybridized carbons (Fsp3) is 0.316. The number of halogens is 1. The van der Waals surface area contributed by atoms with Crippen LogP contribution in [0, 0.1) is 22.6 Å². The molecule has 0 radical (unpaired) electrons. The molecule has 0 spiro atoms. The highest BCUT2D eigenvalue weighted by atomic mass is 19.1. The van der Waals surface area contributed by atoms with Crippen LogP contribution in [0.15, 0.2) is 41.7 Å². The van der Waals surface area contributed by atoms with E-state index in [4.69, 9.17) is 0 Å². The van der Waals surface area contributed by atoms with Gasteiger partial charge < -0.3 is 5.32 Å². The molecule has 1 aliphatic heterocycles. The van der Waals surface area contributed by atoms with E-state index in [0.29, 0.717) is 35.4 Å². The Bertz CT molecular complexity index is 964. The average Bonchev–Trinajstić information content (AvgIpc) is 2.95. The van der Waals surface area contributed by atoms with Gasteiger partial charge >= 0.3 is 0 Å². The number of carbonyl (C=O) groups excluding carboxylic acids is 1. The third-order valence-electron chi connectivity index (χ3n) is 4.82. The summed E-state index contributed by atoms with van der Waals surface area (Å²) in [5.74, 6) is 0.116. The van der Waals surface area contributed by atoms with Crippen LogP contribution in [0.25, 0.3) is 0 Å². The molecule has 2 aromatic rings. The molecule has 0 unspecified atom stereocenters. The summed E-state index contributed by atoms with van der Waals surface area (Å²) >= 11 is 0. The lowest BCUT2D eigenvalue weighted by molar-refractivity contribution is -0.118. The SMILES string of the molecule is CC1(C)CC(=O)C2=C(C1)Nc1c(C#N)cnn1[C@H]2c1ccccc1F. The van der Waals surface area contributed by atoms with Gasteiger partial charge in [0.1, 0.15) is 29.3 Å². The molecule has 0 fully saturated rings. The van der Waals surface area contributed by atoms with Crippen LogP contribution in [0.3, 0.4) is 0 Å². The van der Waals surface area contributed by atoms with Gasteiger partial charge in [0.25, 0.3) is 0 Å². The first-order chi connectivity index (χ1) is 11.9. The highest BCUT2D eigenvalue weighted by Gasteiger charge is 2.42. The molecule has 1 atom stereocenters. The Morgan fingerprint density at radius 2 is 2.12 bits per heavy atom. The van der Waals surface area contributed by atoms with Gasteiger partial charge in [0.2, 0.25) is 0 Å². The number of anilines is 1. The van der Waals surface area contributed by atoms with Crippen LogP contribution in [-0.4, -0.2) is 15.6 Å². The van der Waals surface area contributed by atoms with Gasteiger partial charge in [-0.05, 0) is 17.9 Å². The first kappa shape index (κ1) is 15.6. The molecule has 0 saturated carbocycles. The molecular weight excluding hydrogens is 319 g/mol. The van der Waals surface area contributed by atoms with Crippen molar-refractivity contribution in [2.45, 2.75) is 32.7 Å². The first-order valence-corrected chi connectivity index (χ1v) is 8.16. The van der Waals surface area contributed by atoms with Crippen molar-refractivity contribution in [1.29, 1.82) is 5.26 Å². The second kappa shape index (κ2) is 5.28. The van der Waals surface area contributed by atoms with Crippen molar-refractivity contribution in [2.75, 3.05) is 5.32 Å². The minimum atomic E-state index is -0.654. The number of nitrogens with one attached hydrogen (secondary N) is 1. The fourth-order valence-electron chi connectivity index (χ4n) is 3.78. The summed E-state index contributed by atoms with van der Waals surface area (Å²) in [6.07, 6.45) is 2.51. The van der Waals surface area contributed by atoms with Gasteiger partial charge in [-0.25, -0.2) is 9.07 Å². The number of nitrogens with zero attached hydrogens (tertiary/aromatic N) is 3. The number of benzene rings is 1. The quantitative estimate of drug-likeness (QED) is 0.864. The smallest absolute Gasteiger partial charge is 0.163 e. The lowest BCUT2D eigenvalue weighted by Gasteiger charge is -2.38. The summed E-state index contributed by atoms with van der Waals surface area (Å²) in [6.45, 7) is 4.07. The molecule has 1 aliphatic carbocycles. The molecule has 25 heavy (non-hydrogen) atoms. The number of carbonyl (C=O) groups is 1. The van der Waals surface area contributed by atoms with Crippen LogP contribution in [0.4, 0.5) is 10.2 Å². The van der Waals surface area contributed by atoms with Crippen LogP contribution in [0.5, 0.6) is 0 Å². The molecule has 5 nitrogen and oxygen atoms in total. The molecule has 2 heterocycles. The number of hydrogen-bond acceptors (Lipinski definition) is 4. The third-order valence-corrected chi connectivity index (χ3v) is 4.82. The second-order valence-corrected chi connectivity index (χ2v) is 7.35. The molecule has 1 aromatic heterocycles. The van der Waals surface area contributed by atoms with Gasteiger partial charge in [-0.2, -0.15) is 10.4 Å². The lowest BCUT2D eigenvalue weighted by Crippen LogP contribution is -2.36. The lowest BCUT2D eigenvalue weighted by atomic mass is 9.73. The van der Waals surface area contributed by atoms with Crippen LogP contribution in [0.2, 0.25) is 0 Å². The number of rotatable bonds is 1. The molecule has 1 aromatic carbocycles. The van der Waals surface area contributed by atoms with E-state index in [1.807, 2.05) is 13.8 Å². The zero-order valence-corrected chi connectivity index (χ0v) is 14.0. The fourth-order valence-corrected chi connectivity index (χ4v) is 3.78. The number of nitriles is 1. The van der Waals surface area contributed by atoms with Crippen LogP contribution in [-0.2, 0) is 4.79 Å². The Labute approximate surface area is 144 Å². The Morgan fingerprint density at radius 1 is 1.36 bits per heavy atom. The molecule has 6 heteroatoms. The number of allylic oxidation sites excluding steroid dienone is 2. The normalized spacial score (nSPS) is 21.2. The Morgan fingerprint density at radius 3 is 2.84 bits per heavy atom. The molecule has 2 aliphatic rings. The van der Waals surface area contributed by atoms with Crippen molar-refractivity contribution in [1.82, 2.24) is 9.78 Å². The van der Waals surface area contributed by atoms with Crippen LogP contribution < -0.4 is 5.32 Å². The van der Waals surface area contributed by atoms with Crippen molar-refractivity contribution in [2.24, 2.45) is 5.41 Å². The maximum atomic E-state index is 14.5. The van der Waals surface area contributed by atoms with Gasteiger partial charge in [0.15, 0.2) is 5.78 Å². The maximum absolute atomic E-state index is 14.5. The largest absolute Gasteiger partial charge is 0.342 e. The van der Waals surface area contributed by atoms with Crippen molar-refractivity contribution in [3.63, 3.8) is 0 Å². The Hall–Kier alpha value is -2.94. The number of ketones is 1. The van der Waals surface area contributed by atoms with E-state index >= 15 is 0 Å². The Kier molecular flexibility index (Phi) is 3.29. The molecule has 1 N–H and O–H groups in total. The zero-order chi connectivity index (χ0) is 17.8. The summed E-state index contributed by atoms with van der Waals surface area (Å²) in [5, 5.41) is 16.8. The summed E-state index contributed by atoms with van der Waals surface area (Å²) in [6, 6.07) is 7.85. The van der Waals surface area contributed by atoms with Gasteiger partial charge in [-0.3, -0.25) is 4.79 Å². The predicted molar refractivity (Wildman–Crippen MR) is 90.2 cm³/mol. The molecule has 0 saturated heterocycles. The van der Waals surface area contributed by atoms with Crippen molar-refractivity contribution in [3.05, 3.63) is 58.7 Å². The monoisotopic (exact) mass is 336 g/mol. The molecule has 4 rings (SSSR count). The number of hydrogen-bond donors (Lipinski definition) is 1. The van der Waals surface area contributed by atoms with E-state index in [-0.39, 0.29) is 17.0 Å². The van der Waals surface area contributed by atoms with Gasteiger partial charge in [0.05, 0.1) is 6.20 Å². The van der Waals surface area contributed by atoms with Crippen LogP contribution >= 0.6 is 0 Å². The Balaban J connectivity index is 1.98. The maximum Gasteiger partial charge on any atom is 0.163 e. The van der Waals surface area contributed by atoms with Gasteiger partial charge in [-0.1, -0.05) is 32.0 Å². The number of Topliss-reactive ketones (excluding diaryl/α,β-unsaturated/α-hetero) is 1. The van der Waals surface area contributed by atoms with E-state index in [2.05, 4.69) is 16.5 Å². The summed E-state index contributed by atoms with van der Waals surface area (Å²) in [7, 11) is 0. The average molecular weight is 336 g/mol. The zero-order valence-electron chi connectivity index (χ0n) is 14.0. The van der Waals surface area contributed by atoms with E-state index < -0.39 is 6.04 Å². The van der Waals surface area contributed by atoms with E-state index in [1.54, 1.807) is 22.9 Å². The highest BCUT2D eigenvalue weighted by molar-refractivity contribution is 6.00. The minimum absolute atomic E-state index is 0.00772. The van der Waals surface area contributed by atoms with Gasteiger partial charge in [-0.15, -0.1) is 0 Å². The second-order valence-electron chi connectivity index (χ2n) is 7.35. The van der Waals surface area contributed by atoms with Crippen LogP contribution in [0.1, 0.15) is 43.9 Å². The first-order valence-electron chi connectivity index (χ1n) is 8.16. The topological polar surface area (TPSA) is 70.7 Å². The molecule has 0 amide bonds. The highest BCUT2D eigenvalue weighted by Crippen LogP contribution is 2.46. The number of fused-ring (bicyclic) bond motifs is 1. The van der Waals surface area contributed by atoms with Gasteiger partial charge in [0, 0.05) is 23.3 Å². The van der Waals surface area contributed by atoms with E-state index in [0.717, 1.165) is 5.70 Å². The molecular formula is C19H17FN4O. The standard InChI is InChI=1S/C19H17FN4O/c1-19(2)7-14-16(15(25)8-19)17(12-5-3-4-6-13(12)20)24-18(23-14)11(9-21)10-22-24/h3-6,10,17,23H,7-8H2,1-2H3/t17-/m0/s1. The minimum Gasteiger partial charge on any atom is -0.342 e. The van der Waals surface area contributed by atoms with E-state index in [1.165, 1.54) is 12.3 Å². The summed E-state index contributed by atoms with van der Waals surface area (Å²) in [4.78, 5) is 12.9. The molecule has 126 valence electrons. The third kappa shape index (κ3) is 2.35. The molecule has 0 bridgehead atoms. The summed E-state index contributed by atoms with van der Waals surface area (Å²) in [5.41, 5.74) is 1.89. The van der Waals surface area contributed by atoms with E-state index in [9.17, 15) is 14.4 Å². The van der Waals surface area contributed by atoms with Crippen molar-refractivity contribution < 1.29 is 9.18 Å². The number of aromatic nitrogens is 2. The van der Waals surface area contributed by atoms with Crippen molar-refractivity contribution >= 4 is 11.6 Å². The van der Waals surface area contributed by atoms with Crippen molar-refractivity contribution in [3.8, 4) is 6.07 Å². The summed E-state index contributed by atoms with van der Waals surface area (Å²) < 4.78 is 16.1. The predicted octanol–water partition coefficient (Wildman–Crippen LogP) is 3.55.